The molecule has 0 saturated heterocycles. The van der Waals surface area contributed by atoms with Gasteiger partial charge in [-0.3, -0.25) is 4.99 Å². The van der Waals surface area contributed by atoms with Crippen molar-refractivity contribution in [2.24, 2.45) is 10.9 Å². The second-order valence-corrected chi connectivity index (χ2v) is 3.91. The predicted molar refractivity (Wildman–Crippen MR) is 65.7 cm³/mol. The molecule has 80 valence electrons. The van der Waals surface area contributed by atoms with Crippen molar-refractivity contribution in [3.05, 3.63) is 30.2 Å². The van der Waals surface area contributed by atoms with E-state index in [1.165, 1.54) is 0 Å². The third kappa shape index (κ3) is 3.83. The van der Waals surface area contributed by atoms with Crippen LogP contribution in [0.2, 0.25) is 0 Å². The van der Waals surface area contributed by atoms with E-state index in [1.54, 1.807) is 19.3 Å². The normalized spacial score (nSPS) is 12.7. The van der Waals surface area contributed by atoms with E-state index in [4.69, 9.17) is 0 Å². The first-order chi connectivity index (χ1) is 7.13. The number of hydrogen-bond acceptors (Lipinski definition) is 4. The van der Waals surface area contributed by atoms with E-state index in [0.717, 1.165) is 5.71 Å². The molecule has 0 spiro atoms. The monoisotopic (exact) mass is 221 g/mol. The Hall–Kier alpha value is -1.16. The maximum Gasteiger partial charge on any atom is 0.178 e. The highest BCUT2D eigenvalue weighted by Crippen LogP contribution is 2.03. The number of aliphatic imine (C=N–C) groups is 1. The molecule has 0 atom stereocenters. The van der Waals surface area contributed by atoms with Crippen LogP contribution in [0.5, 0.6) is 0 Å². The zero-order chi connectivity index (χ0) is 11.3. The van der Waals surface area contributed by atoms with Crippen LogP contribution in [0.4, 0.5) is 0 Å². The summed E-state index contributed by atoms with van der Waals surface area (Å²) in [6.45, 7) is 4.22. The smallest absolute Gasteiger partial charge is 0.178 e. The fraction of sp³-hybridized carbons (Fsp3) is 0.364. The molecule has 0 aromatic carbocycles. The SMILES string of the molecule is C/N=C(\C=C/C(C)C)c1nccc(S)n1. The Balaban J connectivity index is 2.94. The first kappa shape index (κ1) is 11.9. The van der Waals surface area contributed by atoms with Crippen LogP contribution < -0.4 is 0 Å². The zero-order valence-electron chi connectivity index (χ0n) is 9.18. The quantitative estimate of drug-likeness (QED) is 0.483. The molecule has 0 fully saturated rings. The molecule has 1 rings (SSSR count). The van der Waals surface area contributed by atoms with Crippen molar-refractivity contribution in [3.63, 3.8) is 0 Å². The van der Waals surface area contributed by atoms with E-state index < -0.39 is 0 Å². The fourth-order valence-corrected chi connectivity index (χ4v) is 1.17. The summed E-state index contributed by atoms with van der Waals surface area (Å²) in [6, 6.07) is 1.74. The lowest BCUT2D eigenvalue weighted by molar-refractivity contribution is 0.832. The molecule has 3 nitrogen and oxygen atoms in total. The molecule has 1 aromatic heterocycles. The van der Waals surface area contributed by atoms with Gasteiger partial charge in [0.2, 0.25) is 0 Å². The van der Waals surface area contributed by atoms with Gasteiger partial charge in [0.1, 0.15) is 5.71 Å². The summed E-state index contributed by atoms with van der Waals surface area (Å²) in [5.74, 6) is 1.10. The summed E-state index contributed by atoms with van der Waals surface area (Å²) in [7, 11) is 1.73. The first-order valence-electron chi connectivity index (χ1n) is 4.81. The zero-order valence-corrected chi connectivity index (χ0v) is 10.1. The minimum atomic E-state index is 0.487. The topological polar surface area (TPSA) is 38.1 Å². The third-order valence-electron chi connectivity index (χ3n) is 1.75. The van der Waals surface area contributed by atoms with Crippen LogP contribution >= 0.6 is 12.6 Å². The van der Waals surface area contributed by atoms with Crippen LogP contribution in [0.25, 0.3) is 0 Å². The molecule has 0 aliphatic rings. The predicted octanol–water partition coefficient (Wildman–Crippen LogP) is 2.40. The molecule has 0 unspecified atom stereocenters. The molecular formula is C11H15N3S. The van der Waals surface area contributed by atoms with Gasteiger partial charge >= 0.3 is 0 Å². The second kappa shape index (κ2) is 5.66. The molecule has 4 heteroatoms. The minimum absolute atomic E-state index is 0.487. The Kier molecular flexibility index (Phi) is 4.49. The summed E-state index contributed by atoms with van der Waals surface area (Å²) < 4.78 is 0. The number of nitrogens with zero attached hydrogens (tertiary/aromatic N) is 3. The van der Waals surface area contributed by atoms with Gasteiger partial charge in [0.25, 0.3) is 0 Å². The molecule has 0 aliphatic heterocycles. The minimum Gasteiger partial charge on any atom is -0.285 e. The standard InChI is InChI=1S/C11H15N3S/c1-8(2)4-5-9(12-3)11-13-7-6-10(15)14-11/h4-8H,1-3H3,(H,13,14,15)/b5-4-,12-9+. The highest BCUT2D eigenvalue weighted by molar-refractivity contribution is 7.80. The highest BCUT2D eigenvalue weighted by Gasteiger charge is 2.02. The summed E-state index contributed by atoms with van der Waals surface area (Å²) in [5, 5.41) is 0.652. The first-order valence-corrected chi connectivity index (χ1v) is 5.25. The highest BCUT2D eigenvalue weighted by atomic mass is 32.1. The lowest BCUT2D eigenvalue weighted by atomic mass is 10.2. The average molecular weight is 221 g/mol. The van der Waals surface area contributed by atoms with Gasteiger partial charge in [-0.15, -0.1) is 12.6 Å². The molecule has 15 heavy (non-hydrogen) atoms. The Morgan fingerprint density at radius 2 is 2.27 bits per heavy atom. The van der Waals surface area contributed by atoms with E-state index in [1.807, 2.05) is 6.08 Å². The van der Waals surface area contributed by atoms with E-state index in [0.29, 0.717) is 16.8 Å². The largest absolute Gasteiger partial charge is 0.285 e. The summed E-state index contributed by atoms with van der Waals surface area (Å²) in [5.41, 5.74) is 0.777. The van der Waals surface area contributed by atoms with Crippen molar-refractivity contribution in [2.45, 2.75) is 18.9 Å². The lowest BCUT2D eigenvalue weighted by Crippen LogP contribution is -2.04. The van der Waals surface area contributed by atoms with E-state index in [9.17, 15) is 0 Å². The van der Waals surface area contributed by atoms with Crippen LogP contribution in [0.3, 0.4) is 0 Å². The maximum atomic E-state index is 4.19. The number of allylic oxidation sites excluding steroid dienone is 2. The average Bonchev–Trinajstić information content (AvgIpc) is 2.18. The third-order valence-corrected chi connectivity index (χ3v) is 2.00. The van der Waals surface area contributed by atoms with Crippen molar-refractivity contribution in [3.8, 4) is 0 Å². The summed E-state index contributed by atoms with van der Waals surface area (Å²) in [4.78, 5) is 12.5. The molecule has 0 aliphatic carbocycles. The number of rotatable bonds is 3. The molecule has 0 amide bonds. The van der Waals surface area contributed by atoms with Crippen molar-refractivity contribution in [1.29, 1.82) is 0 Å². The molecule has 0 N–H and O–H groups in total. The van der Waals surface area contributed by atoms with Gasteiger partial charge in [-0.05, 0) is 18.1 Å². The number of thiol groups is 1. The van der Waals surface area contributed by atoms with Crippen LogP contribution in [-0.2, 0) is 0 Å². The van der Waals surface area contributed by atoms with E-state index in [2.05, 4.69) is 47.5 Å². The molecule has 1 aromatic rings. The van der Waals surface area contributed by atoms with Gasteiger partial charge in [0.05, 0.1) is 5.03 Å². The number of aromatic nitrogens is 2. The summed E-state index contributed by atoms with van der Waals surface area (Å²) >= 11 is 4.17. The maximum absolute atomic E-state index is 4.19. The van der Waals surface area contributed by atoms with Gasteiger partial charge in [-0.25, -0.2) is 9.97 Å². The van der Waals surface area contributed by atoms with Gasteiger partial charge in [0.15, 0.2) is 5.82 Å². The molecule has 0 bridgehead atoms. The van der Waals surface area contributed by atoms with Crippen molar-refractivity contribution in [1.82, 2.24) is 9.97 Å². The van der Waals surface area contributed by atoms with Crippen molar-refractivity contribution >= 4 is 18.3 Å². The van der Waals surface area contributed by atoms with Crippen LogP contribution in [0.1, 0.15) is 19.7 Å². The van der Waals surface area contributed by atoms with Crippen molar-refractivity contribution < 1.29 is 0 Å². The number of hydrogen-bond donors (Lipinski definition) is 1. The summed E-state index contributed by atoms with van der Waals surface area (Å²) in [6.07, 6.45) is 5.68. The van der Waals surface area contributed by atoms with Crippen LogP contribution in [0.15, 0.2) is 34.4 Å². The molecule has 1 heterocycles. The second-order valence-electron chi connectivity index (χ2n) is 3.45. The van der Waals surface area contributed by atoms with Gasteiger partial charge in [-0.2, -0.15) is 0 Å². The van der Waals surface area contributed by atoms with Gasteiger partial charge < -0.3 is 0 Å². The van der Waals surface area contributed by atoms with E-state index >= 15 is 0 Å². The van der Waals surface area contributed by atoms with E-state index in [-0.39, 0.29) is 0 Å². The molecule has 0 saturated carbocycles. The Bertz CT molecular complexity index is 383. The molecular weight excluding hydrogens is 206 g/mol. The van der Waals surface area contributed by atoms with Crippen LogP contribution in [0, 0.1) is 5.92 Å². The molecule has 0 radical (unpaired) electrons. The Morgan fingerprint density at radius 1 is 1.53 bits per heavy atom. The van der Waals surface area contributed by atoms with Gasteiger partial charge in [-0.1, -0.05) is 19.9 Å². The lowest BCUT2D eigenvalue weighted by Gasteiger charge is -2.00. The van der Waals surface area contributed by atoms with Crippen LogP contribution in [-0.4, -0.2) is 22.7 Å². The Labute approximate surface area is 95.8 Å². The van der Waals surface area contributed by atoms with Crippen molar-refractivity contribution in [2.75, 3.05) is 7.05 Å². The fourth-order valence-electron chi connectivity index (χ4n) is 1.01. The Morgan fingerprint density at radius 3 is 2.80 bits per heavy atom. The van der Waals surface area contributed by atoms with Gasteiger partial charge in [0, 0.05) is 13.2 Å².